The van der Waals surface area contributed by atoms with Gasteiger partial charge >= 0.3 is 0 Å². The van der Waals surface area contributed by atoms with Crippen LogP contribution in [-0.4, -0.2) is 31.1 Å². The minimum Gasteiger partial charge on any atom is -0.348 e. The Kier molecular flexibility index (Phi) is 5.80. The molecule has 9 nitrogen and oxygen atoms in total. The number of anilines is 1. The number of rotatable bonds is 6. The molecule has 9 heteroatoms. The summed E-state index contributed by atoms with van der Waals surface area (Å²) in [4.78, 5) is 42.1. The molecule has 0 fully saturated rings. The number of nitrogens with zero attached hydrogens (tertiary/aromatic N) is 4. The molecule has 0 aliphatic heterocycles. The summed E-state index contributed by atoms with van der Waals surface area (Å²) in [7, 11) is 1.69. The van der Waals surface area contributed by atoms with E-state index in [-0.39, 0.29) is 18.0 Å². The summed E-state index contributed by atoms with van der Waals surface area (Å²) in [5.41, 5.74) is 2.90. The quantitative estimate of drug-likeness (QED) is 0.486. The first-order valence-corrected chi connectivity index (χ1v) is 10.0. The fourth-order valence-electron chi connectivity index (χ4n) is 3.30. The van der Waals surface area contributed by atoms with Crippen LogP contribution >= 0.6 is 0 Å². The maximum atomic E-state index is 12.7. The van der Waals surface area contributed by atoms with E-state index in [1.165, 1.54) is 21.8 Å². The average molecular weight is 430 g/mol. The third-order valence-electron chi connectivity index (χ3n) is 5.05. The third kappa shape index (κ3) is 4.41. The number of aromatic nitrogens is 4. The first-order chi connectivity index (χ1) is 15.4. The molecular weight excluding hydrogens is 408 g/mol. The summed E-state index contributed by atoms with van der Waals surface area (Å²) < 4.78 is 2.70. The second-order valence-corrected chi connectivity index (χ2v) is 7.45. The fourth-order valence-corrected chi connectivity index (χ4v) is 3.30. The van der Waals surface area contributed by atoms with Gasteiger partial charge in [0, 0.05) is 13.6 Å². The largest absolute Gasteiger partial charge is 0.348 e. The number of para-hydroxylation sites is 1. The van der Waals surface area contributed by atoms with Gasteiger partial charge in [-0.25, -0.2) is 4.98 Å². The summed E-state index contributed by atoms with van der Waals surface area (Å²) in [5, 5.41) is 9.93. The van der Waals surface area contributed by atoms with E-state index in [9.17, 15) is 14.4 Å². The molecule has 32 heavy (non-hydrogen) atoms. The second kappa shape index (κ2) is 8.84. The normalized spacial score (nSPS) is 10.8. The van der Waals surface area contributed by atoms with Gasteiger partial charge in [0.15, 0.2) is 5.65 Å². The van der Waals surface area contributed by atoms with Crippen LogP contribution in [0.25, 0.3) is 11.0 Å². The number of amides is 2. The molecule has 0 saturated carbocycles. The maximum absolute atomic E-state index is 12.7. The van der Waals surface area contributed by atoms with Crippen LogP contribution in [0.5, 0.6) is 0 Å². The van der Waals surface area contributed by atoms with Gasteiger partial charge in [0.05, 0.1) is 17.4 Å². The van der Waals surface area contributed by atoms with Crippen molar-refractivity contribution in [2.24, 2.45) is 7.05 Å². The highest BCUT2D eigenvalue weighted by Gasteiger charge is 2.15. The highest BCUT2D eigenvalue weighted by molar-refractivity contribution is 6.03. The lowest BCUT2D eigenvalue weighted by atomic mass is 10.1. The highest BCUT2D eigenvalue weighted by atomic mass is 16.2. The number of hydrogen-bond acceptors (Lipinski definition) is 5. The SMILES string of the molecule is Cc1ccc(CNC(=O)c2ccccc2NC(=O)Cn2cnc3c(cnn3C)c2=O)cc1. The van der Waals surface area contributed by atoms with Crippen molar-refractivity contribution in [1.29, 1.82) is 0 Å². The minimum absolute atomic E-state index is 0.240. The zero-order valence-electron chi connectivity index (χ0n) is 17.7. The fraction of sp³-hybridized carbons (Fsp3) is 0.174. The zero-order valence-corrected chi connectivity index (χ0v) is 17.7. The Morgan fingerprint density at radius 2 is 1.81 bits per heavy atom. The molecule has 0 unspecified atom stereocenters. The Labute approximate surface area is 183 Å². The molecule has 2 aromatic carbocycles. The number of nitrogens with one attached hydrogen (secondary N) is 2. The van der Waals surface area contributed by atoms with E-state index in [0.29, 0.717) is 28.8 Å². The Morgan fingerprint density at radius 1 is 1.06 bits per heavy atom. The molecule has 0 atom stereocenters. The molecule has 2 N–H and O–H groups in total. The van der Waals surface area contributed by atoms with E-state index < -0.39 is 5.91 Å². The van der Waals surface area contributed by atoms with Crippen molar-refractivity contribution in [3.63, 3.8) is 0 Å². The minimum atomic E-state index is -0.448. The summed E-state index contributed by atoms with van der Waals surface area (Å²) >= 11 is 0. The van der Waals surface area contributed by atoms with E-state index >= 15 is 0 Å². The molecule has 4 aromatic rings. The van der Waals surface area contributed by atoms with Crippen LogP contribution in [0.3, 0.4) is 0 Å². The molecule has 0 aliphatic carbocycles. The summed E-state index contributed by atoms with van der Waals surface area (Å²) in [6.07, 6.45) is 2.73. The van der Waals surface area contributed by atoms with Crippen LogP contribution < -0.4 is 16.2 Å². The maximum Gasteiger partial charge on any atom is 0.264 e. The standard InChI is InChI=1S/C23H22N6O3/c1-15-7-9-16(10-8-15)11-24-22(31)17-5-3-4-6-19(17)27-20(30)13-29-14-25-21-18(23(29)32)12-26-28(21)2/h3-10,12,14H,11,13H2,1-2H3,(H,24,31)(H,27,30). The van der Waals surface area contributed by atoms with Crippen molar-refractivity contribution >= 4 is 28.5 Å². The van der Waals surface area contributed by atoms with Crippen molar-refractivity contribution in [2.75, 3.05) is 5.32 Å². The lowest BCUT2D eigenvalue weighted by Gasteiger charge is -2.12. The number of fused-ring (bicyclic) bond motifs is 1. The smallest absolute Gasteiger partial charge is 0.264 e. The van der Waals surface area contributed by atoms with Gasteiger partial charge in [0.25, 0.3) is 11.5 Å². The van der Waals surface area contributed by atoms with Crippen LogP contribution in [0, 0.1) is 6.92 Å². The van der Waals surface area contributed by atoms with E-state index in [1.807, 2.05) is 31.2 Å². The topological polar surface area (TPSA) is 111 Å². The van der Waals surface area contributed by atoms with Gasteiger partial charge in [-0.1, -0.05) is 42.0 Å². The lowest BCUT2D eigenvalue weighted by Crippen LogP contribution is -2.29. The Morgan fingerprint density at radius 3 is 2.59 bits per heavy atom. The van der Waals surface area contributed by atoms with E-state index in [1.54, 1.807) is 31.3 Å². The molecule has 2 heterocycles. The van der Waals surface area contributed by atoms with Crippen LogP contribution in [0.15, 0.2) is 65.8 Å². The summed E-state index contributed by atoms with van der Waals surface area (Å²) in [5.74, 6) is -0.756. The van der Waals surface area contributed by atoms with Gasteiger partial charge in [-0.2, -0.15) is 5.10 Å². The first-order valence-electron chi connectivity index (χ1n) is 10.0. The molecule has 4 rings (SSSR count). The van der Waals surface area contributed by atoms with Crippen LogP contribution in [0.2, 0.25) is 0 Å². The van der Waals surface area contributed by atoms with Crippen molar-refractivity contribution in [2.45, 2.75) is 20.0 Å². The van der Waals surface area contributed by atoms with Gasteiger partial charge in [-0.05, 0) is 24.6 Å². The van der Waals surface area contributed by atoms with Crippen LogP contribution in [-0.2, 0) is 24.9 Å². The van der Waals surface area contributed by atoms with Crippen molar-refractivity contribution < 1.29 is 9.59 Å². The van der Waals surface area contributed by atoms with E-state index in [2.05, 4.69) is 20.7 Å². The molecular formula is C23H22N6O3. The zero-order chi connectivity index (χ0) is 22.7. The number of aryl methyl sites for hydroxylation is 2. The molecule has 2 amide bonds. The molecule has 0 spiro atoms. The first kappa shape index (κ1) is 21.0. The number of carbonyl (C=O) groups is 2. The molecule has 0 radical (unpaired) electrons. The Bertz CT molecular complexity index is 1350. The second-order valence-electron chi connectivity index (χ2n) is 7.45. The monoisotopic (exact) mass is 430 g/mol. The Balaban J connectivity index is 1.46. The van der Waals surface area contributed by atoms with Crippen molar-refractivity contribution in [1.82, 2.24) is 24.6 Å². The summed E-state index contributed by atoms with van der Waals surface area (Å²) in [6.45, 7) is 2.13. The van der Waals surface area contributed by atoms with Gasteiger partial charge in [-0.15, -0.1) is 0 Å². The van der Waals surface area contributed by atoms with Crippen molar-refractivity contribution in [3.05, 3.63) is 88.1 Å². The average Bonchev–Trinajstić information content (AvgIpc) is 3.17. The third-order valence-corrected chi connectivity index (χ3v) is 5.05. The number of carbonyl (C=O) groups excluding carboxylic acids is 2. The number of hydrogen-bond donors (Lipinski definition) is 2. The summed E-state index contributed by atoms with van der Waals surface area (Å²) in [6, 6.07) is 14.6. The molecule has 0 bridgehead atoms. The van der Waals surface area contributed by atoms with Crippen molar-refractivity contribution in [3.8, 4) is 0 Å². The number of benzene rings is 2. The van der Waals surface area contributed by atoms with Gasteiger partial charge < -0.3 is 10.6 Å². The Hall–Kier alpha value is -4.27. The van der Waals surface area contributed by atoms with Gasteiger partial charge in [-0.3, -0.25) is 23.6 Å². The molecule has 0 saturated heterocycles. The van der Waals surface area contributed by atoms with Crippen LogP contribution in [0.4, 0.5) is 5.69 Å². The highest BCUT2D eigenvalue weighted by Crippen LogP contribution is 2.15. The predicted molar refractivity (Wildman–Crippen MR) is 120 cm³/mol. The molecule has 2 aromatic heterocycles. The van der Waals surface area contributed by atoms with Gasteiger partial charge in [0.1, 0.15) is 18.3 Å². The van der Waals surface area contributed by atoms with E-state index in [0.717, 1.165) is 11.1 Å². The van der Waals surface area contributed by atoms with Gasteiger partial charge in [0.2, 0.25) is 5.91 Å². The molecule has 162 valence electrons. The lowest BCUT2D eigenvalue weighted by molar-refractivity contribution is -0.116. The predicted octanol–water partition coefficient (Wildman–Crippen LogP) is 2.01. The van der Waals surface area contributed by atoms with E-state index in [4.69, 9.17) is 0 Å². The van der Waals surface area contributed by atoms with Crippen LogP contribution in [0.1, 0.15) is 21.5 Å². The molecule has 0 aliphatic rings.